The minimum absolute atomic E-state index is 0.396. The molecule has 0 amide bonds. The molecule has 2 aliphatic carbocycles. The zero-order valence-electron chi connectivity index (χ0n) is 11.7. The lowest BCUT2D eigenvalue weighted by Gasteiger charge is -2.45. The summed E-state index contributed by atoms with van der Waals surface area (Å²) in [6.45, 7) is 4.78. The third-order valence-corrected chi connectivity index (χ3v) is 5.55. The average Bonchev–Trinajstić information content (AvgIpc) is 2.85. The van der Waals surface area contributed by atoms with Crippen molar-refractivity contribution < 1.29 is 4.79 Å². The van der Waals surface area contributed by atoms with E-state index in [1.165, 1.54) is 64.5 Å². The van der Waals surface area contributed by atoms with E-state index in [0.29, 0.717) is 23.7 Å². The molecule has 1 aliphatic heterocycles. The van der Waals surface area contributed by atoms with E-state index < -0.39 is 0 Å². The molecule has 2 heteroatoms. The third-order valence-electron chi connectivity index (χ3n) is 5.55. The molecule has 2 bridgehead atoms. The number of fused-ring (bicyclic) bond motifs is 2. The highest BCUT2D eigenvalue weighted by Crippen LogP contribution is 2.43. The molecular formula is C16H27NO. The molecule has 2 saturated carbocycles. The molecule has 4 atom stereocenters. The quantitative estimate of drug-likeness (QED) is 0.765. The van der Waals surface area contributed by atoms with Crippen molar-refractivity contribution in [2.75, 3.05) is 13.1 Å². The molecular weight excluding hydrogens is 222 g/mol. The topological polar surface area (TPSA) is 20.3 Å². The smallest absolute Gasteiger partial charge is 0.140 e. The van der Waals surface area contributed by atoms with Gasteiger partial charge in [0.2, 0.25) is 0 Å². The van der Waals surface area contributed by atoms with Gasteiger partial charge in [0, 0.05) is 17.9 Å². The summed E-state index contributed by atoms with van der Waals surface area (Å²) in [6, 6.07) is 0.607. The Labute approximate surface area is 111 Å². The van der Waals surface area contributed by atoms with Gasteiger partial charge in [0.15, 0.2) is 0 Å². The fourth-order valence-electron chi connectivity index (χ4n) is 4.73. The van der Waals surface area contributed by atoms with Crippen molar-refractivity contribution in [2.24, 2.45) is 17.8 Å². The van der Waals surface area contributed by atoms with Crippen LogP contribution in [0, 0.1) is 17.8 Å². The van der Waals surface area contributed by atoms with Crippen molar-refractivity contribution in [3.05, 3.63) is 0 Å². The number of carbonyl (C=O) groups is 1. The van der Waals surface area contributed by atoms with Crippen molar-refractivity contribution in [2.45, 2.75) is 64.3 Å². The highest BCUT2D eigenvalue weighted by molar-refractivity contribution is 5.85. The SMILES string of the molecule is CCCC1CC2CCC(N3CCCC3)C(C1)C2=O. The first-order chi connectivity index (χ1) is 8.79. The predicted octanol–water partition coefficient (Wildman–Crippen LogP) is 3.26. The molecule has 4 unspecified atom stereocenters. The Balaban J connectivity index is 1.72. The first-order valence-corrected chi connectivity index (χ1v) is 8.07. The van der Waals surface area contributed by atoms with Gasteiger partial charge in [0.05, 0.1) is 0 Å². The van der Waals surface area contributed by atoms with Gasteiger partial charge in [-0.15, -0.1) is 0 Å². The zero-order valence-corrected chi connectivity index (χ0v) is 11.7. The Hall–Kier alpha value is -0.370. The van der Waals surface area contributed by atoms with Crippen LogP contribution < -0.4 is 0 Å². The van der Waals surface area contributed by atoms with Crippen LogP contribution in [0.5, 0.6) is 0 Å². The van der Waals surface area contributed by atoms with Crippen LogP contribution in [-0.4, -0.2) is 29.8 Å². The van der Waals surface area contributed by atoms with Gasteiger partial charge in [0.25, 0.3) is 0 Å². The van der Waals surface area contributed by atoms with Crippen molar-refractivity contribution in [3.8, 4) is 0 Å². The molecule has 0 aromatic heterocycles. The number of ketones is 1. The lowest BCUT2D eigenvalue weighted by Crippen LogP contribution is -2.51. The molecule has 18 heavy (non-hydrogen) atoms. The van der Waals surface area contributed by atoms with Crippen molar-refractivity contribution >= 4 is 5.78 Å². The van der Waals surface area contributed by atoms with Crippen LogP contribution in [0.2, 0.25) is 0 Å². The van der Waals surface area contributed by atoms with E-state index in [4.69, 9.17) is 0 Å². The van der Waals surface area contributed by atoms with Gasteiger partial charge in [-0.1, -0.05) is 19.8 Å². The summed E-state index contributed by atoms with van der Waals surface area (Å²) in [4.78, 5) is 15.1. The molecule has 102 valence electrons. The highest BCUT2D eigenvalue weighted by Gasteiger charge is 2.45. The van der Waals surface area contributed by atoms with Gasteiger partial charge in [-0.05, 0) is 57.5 Å². The molecule has 1 saturated heterocycles. The molecule has 1 heterocycles. The van der Waals surface area contributed by atoms with Gasteiger partial charge < -0.3 is 0 Å². The summed E-state index contributed by atoms with van der Waals surface area (Å²) in [7, 11) is 0. The van der Waals surface area contributed by atoms with Gasteiger partial charge in [-0.2, -0.15) is 0 Å². The number of rotatable bonds is 3. The summed E-state index contributed by atoms with van der Waals surface area (Å²) in [5, 5.41) is 0. The van der Waals surface area contributed by atoms with Crippen LogP contribution in [0.15, 0.2) is 0 Å². The Bertz CT molecular complexity index is 308. The molecule has 0 radical (unpaired) electrons. The maximum atomic E-state index is 12.5. The molecule has 2 nitrogen and oxygen atoms in total. The van der Waals surface area contributed by atoms with Crippen LogP contribution in [0.1, 0.15) is 58.3 Å². The number of likely N-dealkylation sites (tertiary alicyclic amines) is 1. The van der Waals surface area contributed by atoms with E-state index in [1.807, 2.05) is 0 Å². The highest BCUT2D eigenvalue weighted by atomic mass is 16.1. The molecule has 3 rings (SSSR count). The van der Waals surface area contributed by atoms with Crippen molar-refractivity contribution in [1.29, 1.82) is 0 Å². The maximum Gasteiger partial charge on any atom is 0.140 e. The first-order valence-electron chi connectivity index (χ1n) is 8.07. The van der Waals surface area contributed by atoms with Crippen LogP contribution >= 0.6 is 0 Å². The van der Waals surface area contributed by atoms with Crippen LogP contribution in [0.25, 0.3) is 0 Å². The molecule has 0 N–H and O–H groups in total. The largest absolute Gasteiger partial charge is 0.300 e. The van der Waals surface area contributed by atoms with Gasteiger partial charge in [-0.25, -0.2) is 0 Å². The zero-order chi connectivity index (χ0) is 12.5. The molecule has 0 spiro atoms. The Morgan fingerprint density at radius 3 is 2.67 bits per heavy atom. The summed E-state index contributed by atoms with van der Waals surface area (Å²) in [5.41, 5.74) is 0. The molecule has 3 fully saturated rings. The number of nitrogens with zero attached hydrogens (tertiary/aromatic N) is 1. The number of Topliss-reactive ketones (excluding diaryl/α,β-unsaturated/α-hetero) is 1. The summed E-state index contributed by atoms with van der Waals surface area (Å²) in [6.07, 6.45) is 10.2. The Morgan fingerprint density at radius 2 is 1.94 bits per heavy atom. The maximum absolute atomic E-state index is 12.5. The monoisotopic (exact) mass is 249 g/mol. The van der Waals surface area contributed by atoms with E-state index in [-0.39, 0.29) is 0 Å². The summed E-state index contributed by atoms with van der Waals surface area (Å²) < 4.78 is 0. The Morgan fingerprint density at radius 1 is 1.17 bits per heavy atom. The lowest BCUT2D eigenvalue weighted by molar-refractivity contribution is -0.137. The average molecular weight is 249 g/mol. The van der Waals surface area contributed by atoms with E-state index in [2.05, 4.69) is 11.8 Å². The van der Waals surface area contributed by atoms with Gasteiger partial charge >= 0.3 is 0 Å². The molecule has 0 aromatic carbocycles. The second-order valence-corrected chi connectivity index (χ2v) is 6.72. The minimum atomic E-state index is 0.396. The fraction of sp³-hybridized carbons (Fsp3) is 0.938. The summed E-state index contributed by atoms with van der Waals surface area (Å²) in [5.74, 6) is 2.30. The number of hydrogen-bond donors (Lipinski definition) is 0. The van der Waals surface area contributed by atoms with Crippen molar-refractivity contribution in [1.82, 2.24) is 4.90 Å². The van der Waals surface area contributed by atoms with E-state index in [9.17, 15) is 4.79 Å². The van der Waals surface area contributed by atoms with Crippen LogP contribution in [-0.2, 0) is 4.79 Å². The van der Waals surface area contributed by atoms with E-state index in [1.54, 1.807) is 0 Å². The Kier molecular flexibility index (Phi) is 3.74. The second kappa shape index (κ2) is 5.32. The fourth-order valence-corrected chi connectivity index (χ4v) is 4.73. The van der Waals surface area contributed by atoms with Crippen LogP contribution in [0.4, 0.5) is 0 Å². The van der Waals surface area contributed by atoms with Crippen LogP contribution in [0.3, 0.4) is 0 Å². The normalized spacial score (nSPS) is 41.3. The third kappa shape index (κ3) is 2.24. The van der Waals surface area contributed by atoms with Gasteiger partial charge in [-0.3, -0.25) is 9.69 Å². The van der Waals surface area contributed by atoms with Gasteiger partial charge in [0.1, 0.15) is 5.78 Å². The van der Waals surface area contributed by atoms with Crippen molar-refractivity contribution in [3.63, 3.8) is 0 Å². The molecule has 3 aliphatic rings. The first kappa shape index (κ1) is 12.7. The second-order valence-electron chi connectivity index (χ2n) is 6.72. The number of hydrogen-bond acceptors (Lipinski definition) is 2. The van der Waals surface area contributed by atoms with E-state index >= 15 is 0 Å². The lowest BCUT2D eigenvalue weighted by atomic mass is 9.64. The minimum Gasteiger partial charge on any atom is -0.300 e. The standard InChI is InChI=1S/C16H27NO/c1-2-5-12-10-13-6-7-15(14(11-12)16(13)18)17-8-3-4-9-17/h12-15H,2-11H2,1H3. The number of carbonyl (C=O) groups excluding carboxylic acids is 1. The molecule has 0 aromatic rings. The predicted molar refractivity (Wildman–Crippen MR) is 73.4 cm³/mol. The summed E-state index contributed by atoms with van der Waals surface area (Å²) >= 11 is 0. The van der Waals surface area contributed by atoms with E-state index in [0.717, 1.165) is 5.92 Å².